The summed E-state index contributed by atoms with van der Waals surface area (Å²) < 4.78 is 5.40. The van der Waals surface area contributed by atoms with E-state index in [0.29, 0.717) is 31.1 Å². The topological polar surface area (TPSA) is 112 Å². The molecule has 1 fully saturated rings. The molecule has 8 heteroatoms. The molecule has 0 atom stereocenters. The number of carbonyl (C=O) groups is 1. The third-order valence-electron chi connectivity index (χ3n) is 6.34. The van der Waals surface area contributed by atoms with Crippen LogP contribution in [0.25, 0.3) is 11.4 Å². The van der Waals surface area contributed by atoms with E-state index in [1.807, 2.05) is 12.1 Å². The zero-order chi connectivity index (χ0) is 20.7. The first kappa shape index (κ1) is 18.7. The van der Waals surface area contributed by atoms with Gasteiger partial charge in [0.25, 0.3) is 11.5 Å². The maximum Gasteiger partial charge on any atom is 0.289 e. The molecule has 1 spiro atoms. The van der Waals surface area contributed by atoms with Gasteiger partial charge >= 0.3 is 0 Å². The highest BCUT2D eigenvalue weighted by Gasteiger charge is 2.45. The smallest absolute Gasteiger partial charge is 0.289 e. The van der Waals surface area contributed by atoms with Crippen LogP contribution < -0.4 is 5.56 Å². The van der Waals surface area contributed by atoms with Gasteiger partial charge in [0.1, 0.15) is 18.2 Å². The zero-order valence-electron chi connectivity index (χ0n) is 16.4. The van der Waals surface area contributed by atoms with E-state index in [4.69, 9.17) is 14.5 Å². The van der Waals surface area contributed by atoms with Gasteiger partial charge in [-0.25, -0.2) is 4.98 Å². The summed E-state index contributed by atoms with van der Waals surface area (Å²) in [7, 11) is 0. The van der Waals surface area contributed by atoms with Gasteiger partial charge in [0.05, 0.1) is 5.69 Å². The van der Waals surface area contributed by atoms with Crippen molar-refractivity contribution in [2.24, 2.45) is 0 Å². The van der Waals surface area contributed by atoms with Crippen molar-refractivity contribution in [2.45, 2.75) is 37.7 Å². The van der Waals surface area contributed by atoms with Crippen molar-refractivity contribution in [3.05, 3.63) is 69.8 Å². The summed E-state index contributed by atoms with van der Waals surface area (Å²) in [6, 6.07) is 6.91. The predicted octanol–water partition coefficient (Wildman–Crippen LogP) is 2.04. The molecule has 2 N–H and O–H groups in total. The Balaban J connectivity index is 1.40. The molecule has 0 bridgehead atoms. The molecule has 1 aliphatic carbocycles. The lowest BCUT2D eigenvalue weighted by Crippen LogP contribution is -2.44. The number of piperidine rings is 1. The molecule has 1 amide bonds. The molecule has 5 rings (SSSR count). The van der Waals surface area contributed by atoms with Crippen molar-refractivity contribution >= 4 is 5.91 Å². The summed E-state index contributed by atoms with van der Waals surface area (Å²) in [6.07, 6.45) is 6.46. The molecule has 8 nitrogen and oxygen atoms in total. The van der Waals surface area contributed by atoms with Crippen LogP contribution in [0.2, 0.25) is 0 Å². The van der Waals surface area contributed by atoms with Gasteiger partial charge in [0.2, 0.25) is 0 Å². The SMILES string of the molecule is O=C(c1ccc(CO)o1)N1CCC2(CCc3c2nc(-c2cccnc2)[nH]c3=O)CC1. The summed E-state index contributed by atoms with van der Waals surface area (Å²) in [5.74, 6) is 0.995. The number of nitrogens with zero attached hydrogens (tertiary/aromatic N) is 3. The zero-order valence-corrected chi connectivity index (χ0v) is 16.4. The van der Waals surface area contributed by atoms with Crippen LogP contribution in [0.15, 0.2) is 45.9 Å². The van der Waals surface area contributed by atoms with Crippen LogP contribution in [0.1, 0.15) is 46.8 Å². The second kappa shape index (κ2) is 7.21. The Kier molecular flexibility index (Phi) is 4.51. The van der Waals surface area contributed by atoms with Crippen LogP contribution >= 0.6 is 0 Å². The number of likely N-dealkylation sites (tertiary alicyclic amines) is 1. The highest BCUT2D eigenvalue weighted by Crippen LogP contribution is 2.44. The molecule has 0 aromatic carbocycles. The number of amides is 1. The fourth-order valence-corrected chi connectivity index (χ4v) is 4.65. The van der Waals surface area contributed by atoms with Crippen LogP contribution in [0.5, 0.6) is 0 Å². The van der Waals surface area contributed by atoms with E-state index >= 15 is 0 Å². The molecular weight excluding hydrogens is 384 g/mol. The number of hydrogen-bond acceptors (Lipinski definition) is 6. The molecule has 30 heavy (non-hydrogen) atoms. The number of aromatic amines is 1. The fraction of sp³-hybridized carbons (Fsp3) is 0.364. The number of rotatable bonds is 3. The van der Waals surface area contributed by atoms with Gasteiger partial charge in [0, 0.05) is 42.0 Å². The van der Waals surface area contributed by atoms with Gasteiger partial charge in [-0.3, -0.25) is 14.6 Å². The highest BCUT2D eigenvalue weighted by atomic mass is 16.4. The Bertz CT molecular complexity index is 1140. The van der Waals surface area contributed by atoms with E-state index in [9.17, 15) is 9.59 Å². The summed E-state index contributed by atoms with van der Waals surface area (Å²) in [5.41, 5.74) is 2.15. The first-order valence-electron chi connectivity index (χ1n) is 10.1. The van der Waals surface area contributed by atoms with Crippen LogP contribution in [0.3, 0.4) is 0 Å². The molecule has 4 heterocycles. The number of carbonyl (C=O) groups excluding carboxylic acids is 1. The number of fused-ring (bicyclic) bond motifs is 2. The summed E-state index contributed by atoms with van der Waals surface area (Å²) in [6.45, 7) is 0.918. The Hall–Kier alpha value is -3.26. The summed E-state index contributed by atoms with van der Waals surface area (Å²) in [4.78, 5) is 39.1. The molecule has 0 unspecified atom stereocenters. The van der Waals surface area contributed by atoms with E-state index in [2.05, 4.69) is 9.97 Å². The Morgan fingerprint density at radius 2 is 2.07 bits per heavy atom. The lowest BCUT2D eigenvalue weighted by atomic mass is 9.76. The standard InChI is InChI=1S/C22H22N4O4/c27-13-15-3-4-17(30-15)21(29)26-10-7-22(8-11-26)6-5-16-18(22)24-19(25-20(16)28)14-2-1-9-23-12-14/h1-4,9,12,27H,5-8,10-11,13H2,(H,24,25,28). The van der Waals surface area contributed by atoms with Gasteiger partial charge in [-0.05, 0) is 49.9 Å². The second-order valence-corrected chi connectivity index (χ2v) is 7.98. The minimum atomic E-state index is -0.230. The third kappa shape index (κ3) is 3.04. The van der Waals surface area contributed by atoms with Crippen molar-refractivity contribution in [1.29, 1.82) is 0 Å². The van der Waals surface area contributed by atoms with Crippen LogP contribution in [0.4, 0.5) is 0 Å². The molecule has 3 aromatic rings. The maximum atomic E-state index is 12.7. The molecule has 1 saturated heterocycles. The van der Waals surface area contributed by atoms with Gasteiger partial charge in [-0.2, -0.15) is 0 Å². The van der Waals surface area contributed by atoms with E-state index in [1.165, 1.54) is 0 Å². The van der Waals surface area contributed by atoms with Gasteiger partial charge in [0.15, 0.2) is 5.76 Å². The predicted molar refractivity (Wildman–Crippen MR) is 108 cm³/mol. The molecule has 0 saturated carbocycles. The number of furan rings is 1. The maximum absolute atomic E-state index is 12.7. The molecule has 0 radical (unpaired) electrons. The van der Waals surface area contributed by atoms with Gasteiger partial charge in [-0.15, -0.1) is 0 Å². The number of H-pyrrole nitrogens is 1. The fourth-order valence-electron chi connectivity index (χ4n) is 4.65. The van der Waals surface area contributed by atoms with Crippen molar-refractivity contribution in [2.75, 3.05) is 13.1 Å². The lowest BCUT2D eigenvalue weighted by molar-refractivity contribution is 0.0627. The summed E-state index contributed by atoms with van der Waals surface area (Å²) >= 11 is 0. The van der Waals surface area contributed by atoms with Gasteiger partial charge in [-0.1, -0.05) is 0 Å². The highest BCUT2D eigenvalue weighted by molar-refractivity contribution is 5.91. The minimum Gasteiger partial charge on any atom is -0.453 e. The first-order chi connectivity index (χ1) is 14.6. The number of pyridine rings is 1. The van der Waals surface area contributed by atoms with E-state index < -0.39 is 0 Å². The van der Waals surface area contributed by atoms with E-state index in [0.717, 1.165) is 36.1 Å². The average Bonchev–Trinajstić information content (AvgIpc) is 3.40. The van der Waals surface area contributed by atoms with Crippen LogP contribution in [-0.4, -0.2) is 44.0 Å². The molecule has 154 valence electrons. The average molecular weight is 406 g/mol. The van der Waals surface area contributed by atoms with E-state index in [1.54, 1.807) is 29.4 Å². The van der Waals surface area contributed by atoms with Crippen LogP contribution in [0, 0.1) is 0 Å². The first-order valence-corrected chi connectivity index (χ1v) is 10.1. The molecule has 1 aliphatic heterocycles. The molecular formula is C22H22N4O4. The number of nitrogens with one attached hydrogen (secondary N) is 1. The number of aliphatic hydroxyl groups is 1. The van der Waals surface area contributed by atoms with E-state index in [-0.39, 0.29) is 29.2 Å². The third-order valence-corrected chi connectivity index (χ3v) is 6.34. The lowest BCUT2D eigenvalue weighted by Gasteiger charge is -2.39. The van der Waals surface area contributed by atoms with Crippen LogP contribution in [-0.2, 0) is 18.4 Å². The normalized spacial score (nSPS) is 17.3. The van der Waals surface area contributed by atoms with Gasteiger partial charge < -0.3 is 19.4 Å². The minimum absolute atomic E-state index is 0.0821. The van der Waals surface area contributed by atoms with Crippen molar-refractivity contribution in [3.8, 4) is 11.4 Å². The Labute approximate surface area is 172 Å². The monoisotopic (exact) mass is 406 g/mol. The quantitative estimate of drug-likeness (QED) is 0.688. The second-order valence-electron chi connectivity index (χ2n) is 7.98. The number of hydrogen-bond donors (Lipinski definition) is 2. The largest absolute Gasteiger partial charge is 0.453 e. The number of aromatic nitrogens is 3. The Morgan fingerprint density at radius 3 is 2.77 bits per heavy atom. The van der Waals surface area contributed by atoms with Crippen molar-refractivity contribution in [3.63, 3.8) is 0 Å². The summed E-state index contributed by atoms with van der Waals surface area (Å²) in [5, 5.41) is 9.14. The Morgan fingerprint density at radius 1 is 1.23 bits per heavy atom. The molecule has 3 aromatic heterocycles. The number of aliphatic hydroxyl groups excluding tert-OH is 1. The molecule has 2 aliphatic rings. The van der Waals surface area contributed by atoms with Crippen molar-refractivity contribution in [1.82, 2.24) is 19.9 Å². The van der Waals surface area contributed by atoms with Crippen molar-refractivity contribution < 1.29 is 14.3 Å².